The number of aromatic hydroxyl groups is 1. The van der Waals surface area contributed by atoms with E-state index in [0.29, 0.717) is 22.6 Å². The fraction of sp³-hybridized carbons (Fsp3) is 0.562. The number of nitrogens with one attached hydrogen (secondary N) is 1. The number of halogens is 1. The molecule has 0 saturated carbocycles. The molecule has 1 aromatic carbocycles. The van der Waals surface area contributed by atoms with Crippen LogP contribution in [0.5, 0.6) is 5.75 Å². The largest absolute Gasteiger partial charge is 0.507 e. The van der Waals surface area contributed by atoms with Crippen LogP contribution in [0.1, 0.15) is 43.5 Å². The summed E-state index contributed by atoms with van der Waals surface area (Å²) >= 11 is 3.24. The zero-order valence-corrected chi connectivity index (χ0v) is 14.2. The van der Waals surface area contributed by atoms with Crippen LogP contribution in [0.15, 0.2) is 22.7 Å². The van der Waals surface area contributed by atoms with Crippen LogP contribution in [-0.2, 0) is 0 Å². The van der Waals surface area contributed by atoms with Gasteiger partial charge in [0.05, 0.1) is 4.47 Å². The molecular formula is C16H23BrN2O2. The van der Waals surface area contributed by atoms with Crippen LogP contribution >= 0.6 is 15.9 Å². The molecule has 116 valence electrons. The number of benzene rings is 1. The minimum Gasteiger partial charge on any atom is -0.507 e. The minimum atomic E-state index is -0.0276. The molecule has 0 aromatic heterocycles. The van der Waals surface area contributed by atoms with Gasteiger partial charge in [-0.05, 0) is 67.4 Å². The molecule has 2 N–H and O–H groups in total. The molecular weight excluding hydrogens is 332 g/mol. The van der Waals surface area contributed by atoms with Crippen LogP contribution in [0.25, 0.3) is 0 Å². The molecule has 1 aliphatic rings. The topological polar surface area (TPSA) is 52.6 Å². The number of phenols is 1. The lowest BCUT2D eigenvalue weighted by molar-refractivity contribution is 0.0676. The van der Waals surface area contributed by atoms with Gasteiger partial charge in [-0.25, -0.2) is 0 Å². The van der Waals surface area contributed by atoms with Gasteiger partial charge in [0, 0.05) is 24.2 Å². The maximum absolute atomic E-state index is 12.7. The fourth-order valence-corrected chi connectivity index (χ4v) is 2.90. The van der Waals surface area contributed by atoms with Gasteiger partial charge >= 0.3 is 0 Å². The van der Waals surface area contributed by atoms with Crippen LogP contribution in [0.4, 0.5) is 0 Å². The average Bonchev–Trinajstić information content (AvgIpc) is 2.47. The first-order chi connectivity index (χ1) is 9.99. The minimum absolute atomic E-state index is 0.0276. The van der Waals surface area contributed by atoms with E-state index in [1.165, 1.54) is 18.9 Å². The van der Waals surface area contributed by atoms with Crippen LogP contribution in [0, 0.1) is 0 Å². The van der Waals surface area contributed by atoms with Gasteiger partial charge in [-0.3, -0.25) is 4.79 Å². The molecule has 0 spiro atoms. The van der Waals surface area contributed by atoms with Gasteiger partial charge in [0.2, 0.25) is 0 Å². The Balaban J connectivity index is 2.12. The Hall–Kier alpha value is -1.07. The second kappa shape index (κ2) is 7.27. The van der Waals surface area contributed by atoms with Crippen molar-refractivity contribution in [1.29, 1.82) is 0 Å². The van der Waals surface area contributed by atoms with E-state index in [9.17, 15) is 9.90 Å². The number of nitrogens with zero attached hydrogens (tertiary/aromatic N) is 1. The van der Waals surface area contributed by atoms with Crippen LogP contribution < -0.4 is 5.32 Å². The van der Waals surface area contributed by atoms with Crippen molar-refractivity contribution < 1.29 is 9.90 Å². The van der Waals surface area contributed by atoms with E-state index in [4.69, 9.17) is 0 Å². The molecule has 1 fully saturated rings. The molecule has 2 rings (SSSR count). The molecule has 1 aromatic rings. The fourth-order valence-electron chi connectivity index (χ4n) is 2.66. The first-order valence-electron chi connectivity index (χ1n) is 7.52. The quantitative estimate of drug-likeness (QED) is 0.873. The zero-order valence-electron chi connectivity index (χ0n) is 12.6. The summed E-state index contributed by atoms with van der Waals surface area (Å²) in [6.45, 7) is 5.80. The monoisotopic (exact) mass is 354 g/mol. The predicted molar refractivity (Wildman–Crippen MR) is 87.6 cm³/mol. The molecule has 21 heavy (non-hydrogen) atoms. The standard InChI is InChI=1S/C16H23BrN2O2/c1-11(2)19(10-13-5-3-4-8-18-13)16(21)12-6-7-14(17)15(20)9-12/h6-7,9,11,13,18,20H,3-5,8,10H2,1-2H3. The maximum Gasteiger partial charge on any atom is 0.254 e. The van der Waals surface area contributed by atoms with E-state index in [1.54, 1.807) is 12.1 Å². The van der Waals surface area contributed by atoms with Crippen molar-refractivity contribution in [1.82, 2.24) is 10.2 Å². The first kappa shape index (κ1) is 16.3. The van der Waals surface area contributed by atoms with E-state index in [2.05, 4.69) is 21.2 Å². The molecule has 4 nitrogen and oxygen atoms in total. The Morgan fingerprint density at radius 3 is 2.81 bits per heavy atom. The zero-order chi connectivity index (χ0) is 15.4. The molecule has 1 unspecified atom stereocenters. The Morgan fingerprint density at radius 2 is 2.24 bits per heavy atom. The highest BCUT2D eigenvalue weighted by molar-refractivity contribution is 9.10. The molecule has 5 heteroatoms. The Morgan fingerprint density at radius 1 is 1.48 bits per heavy atom. The van der Waals surface area contributed by atoms with Crippen molar-refractivity contribution in [2.75, 3.05) is 13.1 Å². The molecule has 1 saturated heterocycles. The normalized spacial score (nSPS) is 18.8. The van der Waals surface area contributed by atoms with Gasteiger partial charge in [0.1, 0.15) is 5.75 Å². The number of carbonyl (C=O) groups excluding carboxylic acids is 1. The van der Waals surface area contributed by atoms with Crippen LogP contribution in [0.2, 0.25) is 0 Å². The summed E-state index contributed by atoms with van der Waals surface area (Å²) < 4.78 is 0.601. The van der Waals surface area contributed by atoms with Crippen molar-refractivity contribution in [3.8, 4) is 5.75 Å². The van der Waals surface area contributed by atoms with Crippen LogP contribution in [-0.4, -0.2) is 41.1 Å². The third-order valence-corrected chi connectivity index (χ3v) is 4.58. The van der Waals surface area contributed by atoms with Crippen molar-refractivity contribution in [2.24, 2.45) is 0 Å². The summed E-state index contributed by atoms with van der Waals surface area (Å²) in [6, 6.07) is 5.48. The van der Waals surface area contributed by atoms with E-state index in [0.717, 1.165) is 13.0 Å². The lowest BCUT2D eigenvalue weighted by Crippen LogP contribution is -2.48. The SMILES string of the molecule is CC(C)N(CC1CCCCN1)C(=O)c1ccc(Br)c(O)c1. The van der Waals surface area contributed by atoms with E-state index >= 15 is 0 Å². The maximum atomic E-state index is 12.7. The molecule has 1 amide bonds. The third-order valence-electron chi connectivity index (χ3n) is 3.91. The number of phenolic OH excluding ortho intramolecular Hbond substituents is 1. The summed E-state index contributed by atoms with van der Waals surface area (Å²) in [7, 11) is 0. The lowest BCUT2D eigenvalue weighted by Gasteiger charge is -2.33. The first-order valence-corrected chi connectivity index (χ1v) is 8.31. The summed E-state index contributed by atoms with van der Waals surface area (Å²) in [6.07, 6.45) is 3.55. The summed E-state index contributed by atoms with van der Waals surface area (Å²) in [4.78, 5) is 14.6. The van der Waals surface area contributed by atoms with Gasteiger partial charge in [0.25, 0.3) is 5.91 Å². The number of hydrogen-bond donors (Lipinski definition) is 2. The number of carbonyl (C=O) groups is 1. The molecule has 0 radical (unpaired) electrons. The smallest absolute Gasteiger partial charge is 0.254 e. The Labute approximate surface area is 134 Å². The van der Waals surface area contributed by atoms with Gasteiger partial charge in [0.15, 0.2) is 0 Å². The Bertz CT molecular complexity index is 499. The molecule has 0 bridgehead atoms. The highest BCUT2D eigenvalue weighted by atomic mass is 79.9. The van der Waals surface area contributed by atoms with Gasteiger partial charge in [-0.15, -0.1) is 0 Å². The van der Waals surface area contributed by atoms with Crippen molar-refractivity contribution in [2.45, 2.75) is 45.2 Å². The van der Waals surface area contributed by atoms with Crippen molar-refractivity contribution in [3.05, 3.63) is 28.2 Å². The molecule has 1 heterocycles. The highest BCUT2D eigenvalue weighted by Crippen LogP contribution is 2.25. The van der Waals surface area contributed by atoms with Crippen molar-refractivity contribution in [3.63, 3.8) is 0 Å². The predicted octanol–water partition coefficient (Wildman–Crippen LogP) is 3.15. The average molecular weight is 355 g/mol. The second-order valence-corrected chi connectivity index (χ2v) is 6.72. The molecule has 1 aliphatic heterocycles. The van der Waals surface area contributed by atoms with Gasteiger partial charge in [-0.2, -0.15) is 0 Å². The lowest BCUT2D eigenvalue weighted by atomic mass is 10.0. The van der Waals surface area contributed by atoms with E-state index < -0.39 is 0 Å². The van der Waals surface area contributed by atoms with Crippen molar-refractivity contribution >= 4 is 21.8 Å². The number of amides is 1. The summed E-state index contributed by atoms with van der Waals surface area (Å²) in [5.41, 5.74) is 0.528. The molecule has 1 atom stereocenters. The number of hydrogen-bond acceptors (Lipinski definition) is 3. The number of piperidine rings is 1. The summed E-state index contributed by atoms with van der Waals surface area (Å²) in [5.74, 6) is 0.0699. The highest BCUT2D eigenvalue weighted by Gasteiger charge is 2.24. The number of rotatable bonds is 4. The van der Waals surface area contributed by atoms with Crippen LogP contribution in [0.3, 0.4) is 0 Å². The Kier molecular flexibility index (Phi) is 5.65. The third kappa shape index (κ3) is 4.20. The van der Waals surface area contributed by atoms with Gasteiger partial charge < -0.3 is 15.3 Å². The second-order valence-electron chi connectivity index (χ2n) is 5.86. The van der Waals surface area contributed by atoms with Gasteiger partial charge in [-0.1, -0.05) is 6.42 Å². The molecule has 0 aliphatic carbocycles. The summed E-state index contributed by atoms with van der Waals surface area (Å²) in [5, 5.41) is 13.2. The van der Waals surface area contributed by atoms with E-state index in [1.807, 2.05) is 18.7 Å². The van der Waals surface area contributed by atoms with E-state index in [-0.39, 0.29) is 17.7 Å².